The highest BCUT2D eigenvalue weighted by Crippen LogP contribution is 2.53. The minimum Gasteiger partial charge on any atom is -0.452 e. The zero-order valence-electron chi connectivity index (χ0n) is 37.9. The molecule has 2 aliphatic rings. The van der Waals surface area contributed by atoms with Gasteiger partial charge in [0.25, 0.3) is 0 Å². The van der Waals surface area contributed by atoms with Crippen molar-refractivity contribution in [2.24, 2.45) is 11.8 Å². The highest BCUT2D eigenvalue weighted by Gasteiger charge is 2.67. The molecule has 2 amide bonds. The number of aromatic nitrogens is 2. The number of amides is 2. The fourth-order valence-electron chi connectivity index (χ4n) is 8.84. The molecular formula is C51H66N4O8S. The van der Waals surface area contributed by atoms with Gasteiger partial charge in [0.1, 0.15) is 11.8 Å². The SMILES string of the molecule is CC(C(=O)N[C@](CS(=O)(=O)C(C)(C)C)(OC(=O)C(Cc1ccccc1)NC(=O)CCc1ccccc1)[C@@](CCC1CCCCC1)(OC(=O)CCc1ccccc1)C1CC1)c1cnc[nH]1. The Balaban J connectivity index is 1.49. The summed E-state index contributed by atoms with van der Waals surface area (Å²) < 4.78 is 42.1. The van der Waals surface area contributed by atoms with Crippen LogP contribution in [0.25, 0.3) is 0 Å². The van der Waals surface area contributed by atoms with Crippen molar-refractivity contribution in [3.05, 3.63) is 126 Å². The van der Waals surface area contributed by atoms with Crippen molar-refractivity contribution in [1.82, 2.24) is 20.6 Å². The molecule has 0 aliphatic heterocycles. The highest BCUT2D eigenvalue weighted by molar-refractivity contribution is 7.92. The number of rotatable bonds is 22. The lowest BCUT2D eigenvalue weighted by atomic mass is 9.76. The molecule has 1 heterocycles. The zero-order valence-corrected chi connectivity index (χ0v) is 38.7. The summed E-state index contributed by atoms with van der Waals surface area (Å²) in [5, 5.41) is 5.94. The first-order chi connectivity index (χ1) is 30.6. The maximum absolute atomic E-state index is 15.3. The van der Waals surface area contributed by atoms with Gasteiger partial charge in [-0.3, -0.25) is 14.4 Å². The molecule has 3 aromatic carbocycles. The number of nitrogens with one attached hydrogen (secondary N) is 3. The number of imidazole rings is 1. The number of aryl methyl sites for hydroxylation is 2. The summed E-state index contributed by atoms with van der Waals surface area (Å²) in [6, 6.07) is 26.9. The Morgan fingerprint density at radius 2 is 1.36 bits per heavy atom. The lowest BCUT2D eigenvalue weighted by molar-refractivity contribution is -0.228. The van der Waals surface area contributed by atoms with Crippen molar-refractivity contribution < 1.29 is 37.1 Å². The van der Waals surface area contributed by atoms with E-state index < -0.39 is 73.3 Å². The normalized spacial score (nSPS) is 17.5. The summed E-state index contributed by atoms with van der Waals surface area (Å²) >= 11 is 0. The molecule has 2 aliphatic carbocycles. The number of benzene rings is 3. The van der Waals surface area contributed by atoms with E-state index in [0.717, 1.165) is 48.8 Å². The molecule has 13 heteroatoms. The molecule has 3 N–H and O–H groups in total. The van der Waals surface area contributed by atoms with Crippen molar-refractivity contribution in [3.63, 3.8) is 0 Å². The van der Waals surface area contributed by atoms with E-state index in [1.165, 1.54) is 12.5 Å². The summed E-state index contributed by atoms with van der Waals surface area (Å²) in [7, 11) is -4.29. The zero-order chi connectivity index (χ0) is 45.8. The number of esters is 2. The molecule has 2 saturated carbocycles. The van der Waals surface area contributed by atoms with Crippen molar-refractivity contribution in [2.45, 2.75) is 146 Å². The summed E-state index contributed by atoms with van der Waals surface area (Å²) in [6.07, 6.45) is 10.6. The summed E-state index contributed by atoms with van der Waals surface area (Å²) in [5.41, 5.74) is -1.23. The third kappa shape index (κ3) is 12.7. The second-order valence-corrected chi connectivity index (χ2v) is 21.5. The maximum atomic E-state index is 15.3. The fourth-order valence-corrected chi connectivity index (χ4v) is 10.2. The average molecular weight is 895 g/mol. The van der Waals surface area contributed by atoms with E-state index >= 15 is 4.79 Å². The minimum atomic E-state index is -4.29. The number of H-pyrrole nitrogens is 1. The van der Waals surface area contributed by atoms with Gasteiger partial charge in [-0.25, -0.2) is 18.2 Å². The molecule has 0 radical (unpaired) electrons. The molecule has 344 valence electrons. The van der Waals surface area contributed by atoms with E-state index in [9.17, 15) is 22.8 Å². The Kier molecular flexibility index (Phi) is 16.2. The van der Waals surface area contributed by atoms with Gasteiger partial charge in [-0.1, -0.05) is 123 Å². The molecule has 2 fully saturated rings. The van der Waals surface area contributed by atoms with Crippen LogP contribution in [0, 0.1) is 11.8 Å². The van der Waals surface area contributed by atoms with Gasteiger partial charge < -0.3 is 25.1 Å². The number of hydrogen-bond donors (Lipinski definition) is 3. The number of hydrogen-bond acceptors (Lipinski definition) is 9. The quantitative estimate of drug-likeness (QED) is 0.0520. The Morgan fingerprint density at radius 1 is 0.781 bits per heavy atom. The van der Waals surface area contributed by atoms with Crippen LogP contribution in [0.1, 0.15) is 127 Å². The highest BCUT2D eigenvalue weighted by atomic mass is 32.2. The Bertz CT molecular complexity index is 2240. The minimum absolute atomic E-state index is 0.00666. The first-order valence-electron chi connectivity index (χ1n) is 23.0. The monoisotopic (exact) mass is 894 g/mol. The van der Waals surface area contributed by atoms with Crippen LogP contribution in [-0.4, -0.2) is 70.0 Å². The molecule has 0 bridgehead atoms. The Morgan fingerprint density at radius 3 is 1.91 bits per heavy atom. The van der Waals surface area contributed by atoms with E-state index in [4.69, 9.17) is 9.47 Å². The number of carbonyl (C=O) groups is 4. The lowest BCUT2D eigenvalue weighted by Crippen LogP contribution is -2.73. The van der Waals surface area contributed by atoms with Crippen LogP contribution in [0.2, 0.25) is 0 Å². The van der Waals surface area contributed by atoms with Crippen molar-refractivity contribution >= 4 is 33.6 Å². The van der Waals surface area contributed by atoms with Gasteiger partial charge in [-0.15, -0.1) is 0 Å². The van der Waals surface area contributed by atoms with Crippen molar-refractivity contribution in [1.29, 1.82) is 0 Å². The average Bonchev–Trinajstić information content (AvgIpc) is 4.00. The molecule has 0 spiro atoms. The van der Waals surface area contributed by atoms with E-state index in [-0.39, 0.29) is 31.6 Å². The van der Waals surface area contributed by atoms with E-state index in [1.807, 2.05) is 91.0 Å². The van der Waals surface area contributed by atoms with Crippen molar-refractivity contribution in [3.8, 4) is 0 Å². The number of nitrogens with zero attached hydrogens (tertiary/aromatic N) is 1. The predicted molar refractivity (Wildman–Crippen MR) is 246 cm³/mol. The standard InChI is InChI=1S/C51H66N4O8S/c1-37(44-34-52-36-53-44)47(58)55-51(35-64(60,61)49(2,3)4,63-48(59)43(33-41-23-15-8-16-24-41)54-45(56)29-25-38-17-9-5-10-18-38)50(42-27-28-42,32-31-40-21-13-7-14-22-40)62-46(57)30-26-39-19-11-6-12-20-39/h5-6,8-12,15-20,23-24,34,36-37,40,42-43H,7,13-14,21-22,25-33,35H2,1-4H3,(H,52,53)(H,54,56)(H,55,58)/t37?,43?,50-,51+/m0/s1. The fraction of sp³-hybridized carbons (Fsp3) is 0.510. The summed E-state index contributed by atoms with van der Waals surface area (Å²) in [4.78, 5) is 65.6. The van der Waals surface area contributed by atoms with Crippen LogP contribution in [0.5, 0.6) is 0 Å². The molecule has 4 atom stereocenters. The van der Waals surface area contributed by atoms with Gasteiger partial charge in [0.05, 0.1) is 17.0 Å². The first-order valence-corrected chi connectivity index (χ1v) is 24.6. The van der Waals surface area contributed by atoms with Crippen LogP contribution in [0.4, 0.5) is 0 Å². The third-order valence-electron chi connectivity index (χ3n) is 13.0. The van der Waals surface area contributed by atoms with Crippen LogP contribution >= 0.6 is 0 Å². The maximum Gasteiger partial charge on any atom is 0.331 e. The molecule has 2 unspecified atom stereocenters. The van der Waals surface area contributed by atoms with Gasteiger partial charge in [-0.2, -0.15) is 0 Å². The molecule has 4 aromatic rings. The first kappa shape index (κ1) is 48.2. The molecule has 64 heavy (non-hydrogen) atoms. The van der Waals surface area contributed by atoms with E-state index in [2.05, 4.69) is 20.6 Å². The second kappa shape index (κ2) is 21.6. The largest absolute Gasteiger partial charge is 0.452 e. The third-order valence-corrected chi connectivity index (χ3v) is 15.7. The molecule has 12 nitrogen and oxygen atoms in total. The van der Waals surface area contributed by atoms with Gasteiger partial charge >= 0.3 is 11.9 Å². The number of carbonyl (C=O) groups excluding carboxylic acids is 4. The number of ether oxygens (including phenoxy) is 2. The predicted octanol–water partition coefficient (Wildman–Crippen LogP) is 8.13. The second-order valence-electron chi connectivity index (χ2n) is 18.8. The summed E-state index contributed by atoms with van der Waals surface area (Å²) in [5.74, 6) is -4.64. The molecule has 1 aromatic heterocycles. The topological polar surface area (TPSA) is 174 Å². The van der Waals surface area contributed by atoms with Crippen LogP contribution in [-0.2, 0) is 57.8 Å². The van der Waals surface area contributed by atoms with Crippen LogP contribution < -0.4 is 10.6 Å². The van der Waals surface area contributed by atoms with E-state index in [0.29, 0.717) is 37.8 Å². The number of sulfone groups is 1. The number of aromatic amines is 1. The Labute approximate surface area is 379 Å². The smallest absolute Gasteiger partial charge is 0.331 e. The van der Waals surface area contributed by atoms with E-state index in [1.54, 1.807) is 27.7 Å². The van der Waals surface area contributed by atoms with Crippen LogP contribution in [0.15, 0.2) is 104 Å². The molecule has 0 saturated heterocycles. The van der Waals surface area contributed by atoms with Crippen molar-refractivity contribution in [2.75, 3.05) is 5.75 Å². The van der Waals surface area contributed by atoms with Crippen LogP contribution in [0.3, 0.4) is 0 Å². The van der Waals surface area contributed by atoms with Gasteiger partial charge in [0.15, 0.2) is 15.4 Å². The molecule has 6 rings (SSSR count). The lowest BCUT2D eigenvalue weighted by Gasteiger charge is -2.50. The molecular weight excluding hydrogens is 829 g/mol. The Hall–Kier alpha value is -5.30. The van der Waals surface area contributed by atoms with Gasteiger partial charge in [0.2, 0.25) is 17.5 Å². The van der Waals surface area contributed by atoms with Gasteiger partial charge in [-0.05, 0) is 88.8 Å². The summed E-state index contributed by atoms with van der Waals surface area (Å²) in [6.45, 7) is 6.32. The van der Waals surface area contributed by atoms with Gasteiger partial charge in [0, 0.05) is 37.1 Å².